The summed E-state index contributed by atoms with van der Waals surface area (Å²) in [4.78, 5) is 32.9. The van der Waals surface area contributed by atoms with E-state index in [2.05, 4.69) is 0 Å². The lowest BCUT2D eigenvalue weighted by Gasteiger charge is -2.34. The molecule has 2 saturated heterocycles. The third-order valence-corrected chi connectivity index (χ3v) is 7.11. The molecule has 0 radical (unpaired) electrons. The lowest BCUT2D eigenvalue weighted by Crippen LogP contribution is -2.53. The molecule has 0 aromatic heterocycles. The van der Waals surface area contributed by atoms with Crippen LogP contribution in [0.1, 0.15) is 35.7 Å². The quantitative estimate of drug-likeness (QED) is 0.124. The molecule has 2 aromatic rings. The molecular formula is C32H42O15. The smallest absolute Gasteiger partial charge is 0.161 e. The van der Waals surface area contributed by atoms with Crippen LogP contribution in [0.4, 0.5) is 0 Å². The van der Waals surface area contributed by atoms with Crippen LogP contribution in [0.5, 0.6) is 23.0 Å². The maximum absolute atomic E-state index is 11.9. The van der Waals surface area contributed by atoms with Gasteiger partial charge >= 0.3 is 0 Å². The average Bonchev–Trinajstić information content (AvgIpc) is 3.05. The van der Waals surface area contributed by atoms with Crippen molar-refractivity contribution in [2.45, 2.75) is 68.6 Å². The molecule has 47 heavy (non-hydrogen) atoms. The van der Waals surface area contributed by atoms with Gasteiger partial charge < -0.3 is 59.8 Å². The number of carbonyl (C=O) groups is 3. The fraction of sp³-hybridized carbons (Fsp3) is 0.469. The van der Waals surface area contributed by atoms with Crippen molar-refractivity contribution < 1.29 is 74.2 Å². The Balaban J connectivity index is 0.000000270. The van der Waals surface area contributed by atoms with Crippen molar-refractivity contribution in [3.63, 3.8) is 0 Å². The fourth-order valence-electron chi connectivity index (χ4n) is 4.40. The summed E-state index contributed by atoms with van der Waals surface area (Å²) in [6, 6.07) is 9.06. The molecule has 8 atom stereocenters. The van der Waals surface area contributed by atoms with Gasteiger partial charge in [0.05, 0.1) is 39.6 Å². The molecule has 8 N–H and O–H groups in total. The zero-order chi connectivity index (χ0) is 35.3. The van der Waals surface area contributed by atoms with Gasteiger partial charge in [0.25, 0.3) is 0 Å². The minimum atomic E-state index is -1.33. The van der Waals surface area contributed by atoms with Gasteiger partial charge in [0.1, 0.15) is 48.7 Å². The zero-order valence-electron chi connectivity index (χ0n) is 26.1. The predicted octanol–water partition coefficient (Wildman–Crippen LogP) is -0.485. The Labute approximate surface area is 270 Å². The number of hydrogen-bond donors (Lipinski definition) is 8. The van der Waals surface area contributed by atoms with Crippen LogP contribution < -0.4 is 9.47 Å². The fourth-order valence-corrected chi connectivity index (χ4v) is 4.40. The number of hydrogen-bond acceptors (Lipinski definition) is 15. The molecule has 260 valence electrons. The lowest BCUT2D eigenvalue weighted by atomic mass is 9.96. The highest BCUT2D eigenvalue weighted by atomic mass is 16.5. The first kappa shape index (κ1) is 39.2. The molecular weight excluding hydrogens is 624 g/mol. The van der Waals surface area contributed by atoms with Crippen LogP contribution in [0.3, 0.4) is 0 Å². The predicted molar refractivity (Wildman–Crippen MR) is 164 cm³/mol. The Kier molecular flexibility index (Phi) is 15.9. The van der Waals surface area contributed by atoms with E-state index in [1.807, 2.05) is 0 Å². The van der Waals surface area contributed by atoms with E-state index in [-0.39, 0.29) is 49.1 Å². The number of aromatic hydroxyl groups is 2. The maximum Gasteiger partial charge on any atom is 0.161 e. The van der Waals surface area contributed by atoms with Crippen LogP contribution in [0.15, 0.2) is 42.5 Å². The molecule has 2 aliphatic heterocycles. The number of aldehydes is 1. The number of benzene rings is 2. The summed E-state index contributed by atoms with van der Waals surface area (Å²) in [7, 11) is 2.86. The van der Waals surface area contributed by atoms with Gasteiger partial charge in [0, 0.05) is 18.4 Å². The maximum atomic E-state index is 11.9. The highest BCUT2D eigenvalue weighted by molar-refractivity contribution is 5.94. The van der Waals surface area contributed by atoms with Gasteiger partial charge in [-0.3, -0.25) is 14.4 Å². The van der Waals surface area contributed by atoms with Crippen LogP contribution >= 0.6 is 0 Å². The Morgan fingerprint density at radius 1 is 0.745 bits per heavy atom. The van der Waals surface area contributed by atoms with Crippen LogP contribution in [0.2, 0.25) is 0 Å². The molecule has 0 unspecified atom stereocenters. The first-order valence-corrected chi connectivity index (χ1v) is 14.4. The van der Waals surface area contributed by atoms with Gasteiger partial charge in [-0.05, 0) is 48.9 Å². The van der Waals surface area contributed by atoms with Crippen LogP contribution in [0.25, 0.3) is 6.08 Å². The number of phenolic OH excluding ortho intramolecular Hbond substituents is 2. The van der Waals surface area contributed by atoms with E-state index >= 15 is 0 Å². The van der Waals surface area contributed by atoms with E-state index in [0.29, 0.717) is 28.9 Å². The minimum absolute atomic E-state index is 0.00208. The van der Waals surface area contributed by atoms with Gasteiger partial charge in [-0.15, -0.1) is 0 Å². The van der Waals surface area contributed by atoms with E-state index in [0.717, 1.165) is 0 Å². The number of carbonyl (C=O) groups excluding carboxylic acids is 3. The largest absolute Gasteiger partial charge is 0.504 e. The second-order valence-corrected chi connectivity index (χ2v) is 10.7. The molecule has 15 nitrogen and oxygen atoms in total. The standard InChI is InChI=1S/C16H20O7.C8H14O5.C8H8O3/c1-22-13-6-9(3-5-11(13)18)2-4-10(17)7-14-16(21)15(20)12(19)8-23-14;1-4(9)2-6-8(12)7(11)5(10)3-13-6;1-11-8-4-6(5-9)2-3-7(8)10/h2-6,12,14-16,18-21H,7-8H2,1H3;5-8,10-12H,2-3H2,1H3;2-5,10H,1H3/b4-2+;;/t12-,14+,15+,16+;5-,6+,7+,8+;/m11./s1. The molecule has 0 bridgehead atoms. The number of aliphatic hydroxyl groups is 6. The Morgan fingerprint density at radius 2 is 1.19 bits per heavy atom. The second kappa shape index (κ2) is 19.0. The van der Waals surface area contributed by atoms with Gasteiger partial charge in [0.2, 0.25) is 0 Å². The SMILES string of the molecule is CC(=O)C[C@@H]1OC[C@@H](O)[C@H](O)[C@H]1O.COc1cc(/C=C/C(=O)C[C@@H]2OC[C@@H](O)[C@H](O)[C@H]2O)ccc1O.COc1cc(C=O)ccc1O. The summed E-state index contributed by atoms with van der Waals surface area (Å²) in [5, 5.41) is 75.0. The lowest BCUT2D eigenvalue weighted by molar-refractivity contribution is -0.188. The van der Waals surface area contributed by atoms with Crippen molar-refractivity contribution in [3.8, 4) is 23.0 Å². The molecule has 0 saturated carbocycles. The normalized spacial score (nSPS) is 27.0. The first-order chi connectivity index (χ1) is 22.2. The Morgan fingerprint density at radius 3 is 1.64 bits per heavy atom. The van der Waals surface area contributed by atoms with Crippen LogP contribution in [-0.4, -0.2) is 135 Å². The molecule has 2 aliphatic rings. The summed E-state index contributed by atoms with van der Waals surface area (Å²) in [6.07, 6.45) is -5.33. The van der Waals surface area contributed by atoms with E-state index in [4.69, 9.17) is 29.2 Å². The van der Waals surface area contributed by atoms with Crippen molar-refractivity contribution in [1.29, 1.82) is 0 Å². The summed E-state index contributed by atoms with van der Waals surface area (Å²) < 4.78 is 19.9. The van der Waals surface area contributed by atoms with Crippen molar-refractivity contribution >= 4 is 23.9 Å². The molecule has 4 rings (SSSR count). The summed E-state index contributed by atoms with van der Waals surface area (Å²) in [5.41, 5.74) is 1.15. The number of aliphatic hydroxyl groups excluding tert-OH is 6. The van der Waals surface area contributed by atoms with Gasteiger partial charge in [-0.2, -0.15) is 0 Å². The third kappa shape index (κ3) is 12.0. The molecule has 0 amide bonds. The van der Waals surface area contributed by atoms with Crippen LogP contribution in [-0.2, 0) is 19.1 Å². The molecule has 2 aromatic carbocycles. The highest BCUT2D eigenvalue weighted by Gasteiger charge is 2.38. The molecule has 0 aliphatic carbocycles. The van der Waals surface area contributed by atoms with Gasteiger partial charge in [-0.25, -0.2) is 0 Å². The topological polar surface area (TPSA) is 250 Å². The van der Waals surface area contributed by atoms with Gasteiger partial charge in [0.15, 0.2) is 28.8 Å². The summed E-state index contributed by atoms with van der Waals surface area (Å²) in [5.74, 6) is 0.231. The van der Waals surface area contributed by atoms with E-state index in [9.17, 15) is 45.0 Å². The third-order valence-electron chi connectivity index (χ3n) is 7.11. The van der Waals surface area contributed by atoms with Crippen molar-refractivity contribution in [3.05, 3.63) is 53.6 Å². The van der Waals surface area contributed by atoms with E-state index in [1.165, 1.54) is 51.5 Å². The molecule has 15 heteroatoms. The number of phenols is 2. The monoisotopic (exact) mass is 666 g/mol. The first-order valence-electron chi connectivity index (χ1n) is 14.4. The van der Waals surface area contributed by atoms with Gasteiger partial charge in [-0.1, -0.05) is 12.1 Å². The highest BCUT2D eigenvalue weighted by Crippen LogP contribution is 2.27. The number of Topliss-reactive ketones (excluding diaryl/α,β-unsaturated/α-hetero) is 1. The number of methoxy groups -OCH3 is 2. The van der Waals surface area contributed by atoms with E-state index < -0.39 is 48.8 Å². The number of rotatable bonds is 9. The number of ketones is 2. The van der Waals surface area contributed by atoms with Crippen LogP contribution in [0, 0.1) is 0 Å². The average molecular weight is 667 g/mol. The number of allylic oxidation sites excluding steroid dienone is 1. The van der Waals surface area contributed by atoms with Crippen molar-refractivity contribution in [1.82, 2.24) is 0 Å². The minimum Gasteiger partial charge on any atom is -0.504 e. The summed E-state index contributed by atoms with van der Waals surface area (Å²) >= 11 is 0. The van der Waals surface area contributed by atoms with Crippen molar-refractivity contribution in [2.75, 3.05) is 27.4 Å². The zero-order valence-corrected chi connectivity index (χ0v) is 26.1. The number of ether oxygens (including phenoxy) is 4. The summed E-state index contributed by atoms with van der Waals surface area (Å²) in [6.45, 7) is 1.21. The van der Waals surface area contributed by atoms with Crippen molar-refractivity contribution in [2.24, 2.45) is 0 Å². The molecule has 2 heterocycles. The molecule has 0 spiro atoms. The second-order valence-electron chi connectivity index (χ2n) is 10.7. The Hall–Kier alpha value is -3.93. The van der Waals surface area contributed by atoms with E-state index in [1.54, 1.807) is 18.2 Å². The molecule has 2 fully saturated rings. The Bertz CT molecular complexity index is 1350.